The third-order valence-electron chi connectivity index (χ3n) is 1.75. The standard InChI is InChI=1S/C9H5BrClF3O/c1-4-2-5(7(11)3-6(4)10)8(15)9(12,13)14/h2-3H,1H3. The molecule has 0 heterocycles. The fourth-order valence-electron chi connectivity index (χ4n) is 0.984. The highest BCUT2D eigenvalue weighted by Crippen LogP contribution is 2.30. The Bertz CT molecular complexity index is 415. The molecule has 0 atom stereocenters. The molecule has 0 bridgehead atoms. The SMILES string of the molecule is Cc1cc(C(=O)C(F)(F)F)c(Cl)cc1Br. The maximum absolute atomic E-state index is 12.1. The smallest absolute Gasteiger partial charge is 0.284 e. The molecule has 0 saturated carbocycles. The van der Waals surface area contributed by atoms with E-state index in [-0.39, 0.29) is 5.02 Å². The second kappa shape index (κ2) is 4.14. The lowest BCUT2D eigenvalue weighted by atomic mass is 10.1. The maximum Gasteiger partial charge on any atom is 0.454 e. The molecule has 0 unspecified atom stereocenters. The Kier molecular flexibility index (Phi) is 3.45. The highest BCUT2D eigenvalue weighted by Gasteiger charge is 2.40. The average molecular weight is 301 g/mol. The predicted octanol–water partition coefficient (Wildman–Crippen LogP) is 4.16. The third kappa shape index (κ3) is 2.72. The molecule has 82 valence electrons. The Morgan fingerprint density at radius 2 is 1.93 bits per heavy atom. The number of ketones is 1. The van der Waals surface area contributed by atoms with Crippen LogP contribution in [0, 0.1) is 6.92 Å². The van der Waals surface area contributed by atoms with Gasteiger partial charge in [0.1, 0.15) is 0 Å². The third-order valence-corrected chi connectivity index (χ3v) is 2.92. The van der Waals surface area contributed by atoms with Crippen LogP contribution in [-0.2, 0) is 0 Å². The number of benzene rings is 1. The predicted molar refractivity (Wildman–Crippen MR) is 54.3 cm³/mol. The lowest BCUT2D eigenvalue weighted by molar-refractivity contribution is -0.0885. The molecule has 1 aromatic rings. The van der Waals surface area contributed by atoms with E-state index in [1.165, 1.54) is 6.07 Å². The summed E-state index contributed by atoms with van der Waals surface area (Å²) in [6, 6.07) is 2.39. The van der Waals surface area contributed by atoms with Crippen LogP contribution in [0.4, 0.5) is 13.2 Å². The van der Waals surface area contributed by atoms with Gasteiger partial charge in [0.15, 0.2) is 0 Å². The molecule has 0 aliphatic heterocycles. The van der Waals surface area contributed by atoms with Crippen molar-refractivity contribution in [2.75, 3.05) is 0 Å². The lowest BCUT2D eigenvalue weighted by Crippen LogP contribution is -2.23. The molecule has 0 N–H and O–H groups in total. The Morgan fingerprint density at radius 3 is 2.40 bits per heavy atom. The molecule has 0 saturated heterocycles. The van der Waals surface area contributed by atoms with Gasteiger partial charge in [0.25, 0.3) is 5.78 Å². The minimum atomic E-state index is -4.90. The molecule has 15 heavy (non-hydrogen) atoms. The van der Waals surface area contributed by atoms with E-state index in [1.807, 2.05) is 0 Å². The van der Waals surface area contributed by atoms with Crippen molar-refractivity contribution in [2.24, 2.45) is 0 Å². The Hall–Kier alpha value is -0.550. The summed E-state index contributed by atoms with van der Waals surface area (Å²) in [6.45, 7) is 1.58. The van der Waals surface area contributed by atoms with Crippen LogP contribution in [0.5, 0.6) is 0 Å². The largest absolute Gasteiger partial charge is 0.454 e. The Morgan fingerprint density at radius 1 is 1.40 bits per heavy atom. The number of Topliss-reactive ketones (excluding diaryl/α,β-unsaturated/α-hetero) is 1. The van der Waals surface area contributed by atoms with Crippen molar-refractivity contribution in [3.8, 4) is 0 Å². The average Bonchev–Trinajstić information content (AvgIpc) is 2.08. The van der Waals surface area contributed by atoms with Gasteiger partial charge in [-0.25, -0.2) is 0 Å². The normalized spacial score (nSPS) is 11.6. The second-order valence-corrected chi connectivity index (χ2v) is 4.17. The van der Waals surface area contributed by atoms with Gasteiger partial charge in [0.2, 0.25) is 0 Å². The number of carbonyl (C=O) groups excluding carboxylic acids is 1. The molecule has 0 aliphatic rings. The number of halogens is 5. The van der Waals surface area contributed by atoms with Crippen LogP contribution in [0.1, 0.15) is 15.9 Å². The van der Waals surface area contributed by atoms with E-state index in [1.54, 1.807) is 6.92 Å². The van der Waals surface area contributed by atoms with Gasteiger partial charge in [-0.3, -0.25) is 4.79 Å². The minimum Gasteiger partial charge on any atom is -0.284 e. The summed E-state index contributed by atoms with van der Waals surface area (Å²) in [5.74, 6) is -1.93. The van der Waals surface area contributed by atoms with Crippen molar-refractivity contribution < 1.29 is 18.0 Å². The van der Waals surface area contributed by atoms with Crippen molar-refractivity contribution in [3.05, 3.63) is 32.8 Å². The van der Waals surface area contributed by atoms with Crippen LogP contribution in [0.2, 0.25) is 5.02 Å². The number of hydrogen-bond acceptors (Lipinski definition) is 1. The fourth-order valence-corrected chi connectivity index (χ4v) is 1.71. The quantitative estimate of drug-likeness (QED) is 0.712. The van der Waals surface area contributed by atoms with Gasteiger partial charge in [0, 0.05) is 10.0 Å². The summed E-state index contributed by atoms with van der Waals surface area (Å²) in [7, 11) is 0. The Balaban J connectivity index is 3.28. The lowest BCUT2D eigenvalue weighted by Gasteiger charge is -2.08. The molecule has 0 radical (unpaired) electrons. The van der Waals surface area contributed by atoms with E-state index in [2.05, 4.69) is 15.9 Å². The first-order valence-electron chi connectivity index (χ1n) is 3.80. The summed E-state index contributed by atoms with van der Waals surface area (Å²) < 4.78 is 36.9. The van der Waals surface area contributed by atoms with Crippen molar-refractivity contribution in [3.63, 3.8) is 0 Å². The number of carbonyl (C=O) groups is 1. The number of aryl methyl sites for hydroxylation is 1. The Labute approximate surface area is 97.4 Å². The van der Waals surface area contributed by atoms with Crippen LogP contribution in [-0.4, -0.2) is 12.0 Å². The van der Waals surface area contributed by atoms with E-state index >= 15 is 0 Å². The molecule has 0 amide bonds. The highest BCUT2D eigenvalue weighted by atomic mass is 79.9. The summed E-state index contributed by atoms with van der Waals surface area (Å²) in [5, 5.41) is -0.213. The zero-order valence-corrected chi connectivity index (χ0v) is 9.79. The summed E-state index contributed by atoms with van der Waals surface area (Å²) in [4.78, 5) is 10.9. The summed E-state index contributed by atoms with van der Waals surface area (Å²) >= 11 is 8.65. The monoisotopic (exact) mass is 300 g/mol. The van der Waals surface area contributed by atoms with Crippen LogP contribution in [0.15, 0.2) is 16.6 Å². The van der Waals surface area contributed by atoms with E-state index in [0.717, 1.165) is 6.07 Å². The molecular weight excluding hydrogens is 296 g/mol. The maximum atomic E-state index is 12.1. The second-order valence-electron chi connectivity index (χ2n) is 2.91. The molecule has 0 fully saturated rings. The number of hydrogen-bond donors (Lipinski definition) is 0. The minimum absolute atomic E-state index is 0.213. The molecule has 0 aliphatic carbocycles. The van der Waals surface area contributed by atoms with E-state index in [4.69, 9.17) is 11.6 Å². The van der Waals surface area contributed by atoms with E-state index in [0.29, 0.717) is 10.0 Å². The molecule has 0 spiro atoms. The zero-order valence-electron chi connectivity index (χ0n) is 7.45. The van der Waals surface area contributed by atoms with Gasteiger partial charge in [0.05, 0.1) is 5.02 Å². The van der Waals surface area contributed by atoms with Gasteiger partial charge in [-0.2, -0.15) is 13.2 Å². The van der Waals surface area contributed by atoms with Crippen molar-refractivity contribution in [1.29, 1.82) is 0 Å². The zero-order chi connectivity index (χ0) is 11.8. The first-order chi connectivity index (χ1) is 6.73. The van der Waals surface area contributed by atoms with Gasteiger partial charge in [-0.1, -0.05) is 27.5 Å². The molecule has 1 rings (SSSR count). The summed E-state index contributed by atoms with van der Waals surface area (Å²) in [6.07, 6.45) is -4.90. The highest BCUT2D eigenvalue weighted by molar-refractivity contribution is 9.10. The van der Waals surface area contributed by atoms with Crippen molar-refractivity contribution >= 4 is 33.3 Å². The fraction of sp³-hybridized carbons (Fsp3) is 0.222. The van der Waals surface area contributed by atoms with Crippen molar-refractivity contribution in [2.45, 2.75) is 13.1 Å². The van der Waals surface area contributed by atoms with Gasteiger partial charge in [-0.05, 0) is 24.6 Å². The first-order valence-corrected chi connectivity index (χ1v) is 4.97. The van der Waals surface area contributed by atoms with Crippen molar-refractivity contribution in [1.82, 2.24) is 0 Å². The van der Waals surface area contributed by atoms with Gasteiger partial charge >= 0.3 is 6.18 Å². The van der Waals surface area contributed by atoms with Crippen LogP contribution >= 0.6 is 27.5 Å². The van der Waals surface area contributed by atoms with Crippen LogP contribution in [0.25, 0.3) is 0 Å². The molecule has 1 nitrogen and oxygen atoms in total. The number of rotatable bonds is 1. The van der Waals surface area contributed by atoms with E-state index in [9.17, 15) is 18.0 Å². The van der Waals surface area contributed by atoms with Crippen LogP contribution < -0.4 is 0 Å². The van der Waals surface area contributed by atoms with Gasteiger partial charge in [-0.15, -0.1) is 0 Å². The molecular formula is C9H5BrClF3O. The molecule has 6 heteroatoms. The van der Waals surface area contributed by atoms with Gasteiger partial charge < -0.3 is 0 Å². The number of alkyl halides is 3. The van der Waals surface area contributed by atoms with E-state index < -0.39 is 17.5 Å². The summed E-state index contributed by atoms with van der Waals surface area (Å²) in [5.41, 5.74) is -0.00290. The van der Waals surface area contributed by atoms with Crippen LogP contribution in [0.3, 0.4) is 0 Å². The topological polar surface area (TPSA) is 17.1 Å². The molecule has 0 aromatic heterocycles. The molecule has 1 aromatic carbocycles. The first kappa shape index (κ1) is 12.5.